The van der Waals surface area contributed by atoms with Crippen LogP contribution in [0.3, 0.4) is 0 Å². The highest BCUT2D eigenvalue weighted by Gasteiger charge is 2.47. The van der Waals surface area contributed by atoms with E-state index >= 15 is 0 Å². The minimum Gasteiger partial charge on any atom is -0.388 e. The second kappa shape index (κ2) is 6.08. The molecule has 0 bridgehead atoms. The number of nitrogens with zero attached hydrogens (tertiary/aromatic N) is 1. The van der Waals surface area contributed by atoms with Crippen LogP contribution in [0.5, 0.6) is 0 Å². The number of carbonyl (C=O) groups is 2. The largest absolute Gasteiger partial charge is 0.388 e. The third kappa shape index (κ3) is 3.86. The molecule has 0 aliphatic carbocycles. The molecular weight excluding hydrogens is 295 g/mol. The highest BCUT2D eigenvalue weighted by Crippen LogP contribution is 2.38. The van der Waals surface area contributed by atoms with Crippen molar-refractivity contribution in [3.8, 4) is 0 Å². The molecule has 21 heavy (non-hydrogen) atoms. The molecule has 0 aromatic heterocycles. The second-order valence-corrected chi connectivity index (χ2v) is 10.6. The molecule has 2 fully saturated rings. The molecule has 2 aliphatic rings. The van der Waals surface area contributed by atoms with Crippen molar-refractivity contribution >= 4 is 25.1 Å². The predicted octanol–water partition coefficient (Wildman–Crippen LogP) is -0.526. The molecule has 3 amide bonds. The van der Waals surface area contributed by atoms with E-state index in [0.717, 1.165) is 6.16 Å². The lowest BCUT2D eigenvalue weighted by atomic mass is 10.1. The van der Waals surface area contributed by atoms with Gasteiger partial charge in [-0.3, -0.25) is 15.0 Å². The smallest absolute Gasteiger partial charge is 0.326 e. The van der Waals surface area contributed by atoms with Crippen LogP contribution in [0.1, 0.15) is 12.8 Å². The molecule has 0 aromatic carbocycles. The van der Waals surface area contributed by atoms with E-state index in [1.165, 1.54) is 4.90 Å². The van der Waals surface area contributed by atoms with Crippen LogP contribution in [-0.2, 0) is 9.53 Å². The quantitative estimate of drug-likeness (QED) is 0.606. The average Bonchev–Trinajstić information content (AvgIpc) is 2.64. The topological polar surface area (TPSA) is 99.1 Å². The summed E-state index contributed by atoms with van der Waals surface area (Å²) in [6, 6.07) is -0.590. The Bertz CT molecular complexity index is 477. The summed E-state index contributed by atoms with van der Waals surface area (Å²) in [4.78, 5) is 24.2. The maximum atomic E-state index is 11.8. The summed E-state index contributed by atoms with van der Waals surface area (Å²) >= 11 is 0. The van der Waals surface area contributed by atoms with Gasteiger partial charge in [0.25, 0.3) is 0 Å². The van der Waals surface area contributed by atoms with Crippen LogP contribution in [0.15, 0.2) is 0 Å². The average molecular weight is 318 g/mol. The van der Waals surface area contributed by atoms with E-state index in [1.54, 1.807) is 0 Å². The number of ether oxygens (including phenoxy) is 1. The Morgan fingerprint density at radius 3 is 2.62 bits per heavy atom. The lowest BCUT2D eigenvalue weighted by Gasteiger charge is -2.32. The van der Waals surface area contributed by atoms with E-state index in [1.807, 2.05) is 0 Å². The van der Waals surface area contributed by atoms with Crippen molar-refractivity contribution in [3.05, 3.63) is 0 Å². The number of carbonyl (C=O) groups excluding carboxylic acids is 2. The van der Waals surface area contributed by atoms with Crippen LogP contribution < -0.4 is 5.32 Å². The highest BCUT2D eigenvalue weighted by atomic mass is 31.2. The Hall–Kier alpha value is -0.880. The molecule has 0 saturated carbocycles. The molecule has 0 radical (unpaired) electrons. The Labute approximate surface area is 124 Å². The van der Waals surface area contributed by atoms with Crippen LogP contribution >= 0.6 is 6.89 Å². The summed E-state index contributed by atoms with van der Waals surface area (Å²) in [6.07, 6.45) is 2.06. The number of hydrogen-bond donors (Lipinski definition) is 3. The van der Waals surface area contributed by atoms with Gasteiger partial charge in [0.05, 0.1) is 6.10 Å². The van der Waals surface area contributed by atoms with E-state index in [0.29, 0.717) is 6.42 Å². The maximum Gasteiger partial charge on any atom is 0.326 e. The lowest BCUT2D eigenvalue weighted by molar-refractivity contribution is -0.125. The summed E-state index contributed by atoms with van der Waals surface area (Å²) < 4.78 is 5.67. The van der Waals surface area contributed by atoms with Crippen molar-refractivity contribution in [3.63, 3.8) is 0 Å². The SMILES string of the molecule is C=P(C)(C)CC[C@H]1OC(N2CCC(=O)NC2=O)[C@H](O)[C@@H]1O. The molecule has 0 spiro atoms. The van der Waals surface area contributed by atoms with Crippen molar-refractivity contribution in [1.29, 1.82) is 0 Å². The van der Waals surface area contributed by atoms with E-state index in [9.17, 15) is 19.8 Å². The molecule has 120 valence electrons. The van der Waals surface area contributed by atoms with E-state index in [4.69, 9.17) is 4.74 Å². The number of urea groups is 1. The molecule has 2 saturated heterocycles. The Morgan fingerprint density at radius 2 is 2.05 bits per heavy atom. The van der Waals surface area contributed by atoms with E-state index < -0.39 is 37.5 Å². The van der Waals surface area contributed by atoms with Crippen LogP contribution in [0.2, 0.25) is 0 Å². The van der Waals surface area contributed by atoms with Crippen LogP contribution in [0, 0.1) is 0 Å². The van der Waals surface area contributed by atoms with Gasteiger partial charge in [-0.25, -0.2) is 4.79 Å². The number of aliphatic hydroxyl groups is 2. The molecule has 2 aliphatic heterocycles. The maximum absolute atomic E-state index is 11.8. The van der Waals surface area contributed by atoms with Gasteiger partial charge in [0, 0.05) is 13.0 Å². The Kier molecular flexibility index (Phi) is 4.78. The van der Waals surface area contributed by atoms with E-state index in [2.05, 4.69) is 24.9 Å². The number of rotatable bonds is 4. The van der Waals surface area contributed by atoms with Crippen LogP contribution in [-0.4, -0.2) is 83.9 Å². The number of nitrogens with one attached hydrogen (secondary N) is 1. The van der Waals surface area contributed by atoms with E-state index in [-0.39, 0.29) is 18.9 Å². The van der Waals surface area contributed by atoms with Gasteiger partial charge in [-0.05, 0) is 25.9 Å². The van der Waals surface area contributed by atoms with Crippen molar-refractivity contribution in [1.82, 2.24) is 10.2 Å². The van der Waals surface area contributed by atoms with Gasteiger partial charge in [0.2, 0.25) is 5.91 Å². The minimum atomic E-state index is -1.25. The van der Waals surface area contributed by atoms with Crippen LogP contribution in [0.25, 0.3) is 0 Å². The number of imide groups is 1. The minimum absolute atomic E-state index is 0.163. The fraction of sp³-hybridized carbons (Fsp3) is 0.769. The first-order valence-electron chi connectivity index (χ1n) is 6.98. The highest BCUT2D eigenvalue weighted by molar-refractivity contribution is 7.72. The van der Waals surface area contributed by atoms with Gasteiger partial charge < -0.3 is 14.9 Å². The van der Waals surface area contributed by atoms with Gasteiger partial charge in [0.15, 0.2) is 6.23 Å². The molecular formula is C13H23N2O5P. The molecule has 2 heterocycles. The van der Waals surface area contributed by atoms with Crippen molar-refractivity contribution in [2.24, 2.45) is 0 Å². The van der Waals surface area contributed by atoms with Gasteiger partial charge in [-0.1, -0.05) is 0 Å². The van der Waals surface area contributed by atoms with Crippen molar-refractivity contribution < 1.29 is 24.5 Å². The van der Waals surface area contributed by atoms with Crippen LogP contribution in [0.4, 0.5) is 4.79 Å². The molecule has 4 atom stereocenters. The number of aliphatic hydroxyl groups excluding tert-OH is 2. The number of amides is 3. The summed E-state index contributed by atoms with van der Waals surface area (Å²) in [5.74, 6) is -0.343. The monoisotopic (exact) mass is 318 g/mol. The Morgan fingerprint density at radius 1 is 1.38 bits per heavy atom. The second-order valence-electron chi connectivity index (χ2n) is 6.29. The van der Waals surface area contributed by atoms with Crippen molar-refractivity contribution in [2.75, 3.05) is 26.0 Å². The summed E-state index contributed by atoms with van der Waals surface area (Å²) in [5.41, 5.74) is 0. The molecule has 2 rings (SSSR count). The summed E-state index contributed by atoms with van der Waals surface area (Å²) in [6.45, 7) is 3.11. The lowest BCUT2D eigenvalue weighted by Crippen LogP contribution is -2.56. The normalized spacial score (nSPS) is 34.2. The van der Waals surface area contributed by atoms with Gasteiger partial charge in [-0.2, -0.15) is 0 Å². The third-order valence-corrected chi connectivity index (χ3v) is 5.22. The third-order valence-electron chi connectivity index (χ3n) is 3.75. The fourth-order valence-electron chi connectivity index (χ4n) is 2.52. The first-order chi connectivity index (χ1) is 9.69. The molecule has 1 unspecified atom stereocenters. The molecule has 0 aromatic rings. The first-order valence-corrected chi connectivity index (χ1v) is 10.0. The molecule has 8 heteroatoms. The van der Waals surface area contributed by atoms with Crippen molar-refractivity contribution in [2.45, 2.75) is 37.4 Å². The zero-order chi connectivity index (χ0) is 15.8. The summed E-state index contributed by atoms with van der Waals surface area (Å²) in [7, 11) is 0. The molecule has 7 nitrogen and oxygen atoms in total. The first kappa shape index (κ1) is 16.5. The number of hydrogen-bond acceptors (Lipinski definition) is 5. The zero-order valence-corrected chi connectivity index (χ0v) is 13.3. The standard InChI is InChI=1S/C13H23N2O5P/c1-21(2,3)7-5-8-10(17)11(18)12(20-8)15-6-4-9(16)14-13(15)19/h8,10-12,17-18H,1,4-7H2,2-3H3,(H,14,16,19)/t8-,10-,11-,12?/m1/s1. The zero-order valence-electron chi connectivity index (χ0n) is 12.4. The van der Waals surface area contributed by atoms with Gasteiger partial charge in [-0.15, -0.1) is 13.2 Å². The summed E-state index contributed by atoms with van der Waals surface area (Å²) in [5, 5.41) is 22.4. The Balaban J connectivity index is 2.01. The molecule has 3 N–H and O–H groups in total. The van der Waals surface area contributed by atoms with Gasteiger partial charge in [0.1, 0.15) is 12.2 Å². The predicted molar refractivity (Wildman–Crippen MR) is 80.9 cm³/mol. The van der Waals surface area contributed by atoms with Gasteiger partial charge >= 0.3 is 6.03 Å². The fourth-order valence-corrected chi connectivity index (χ4v) is 3.48.